The summed E-state index contributed by atoms with van der Waals surface area (Å²) in [5.41, 5.74) is 1.58. The van der Waals surface area contributed by atoms with E-state index in [-0.39, 0.29) is 5.82 Å². The van der Waals surface area contributed by atoms with Crippen LogP contribution in [0.25, 0.3) is 11.3 Å². The summed E-state index contributed by atoms with van der Waals surface area (Å²) in [5, 5.41) is 0.891. The van der Waals surface area contributed by atoms with Gasteiger partial charge < -0.3 is 4.74 Å². The van der Waals surface area contributed by atoms with Crippen LogP contribution in [0.5, 0.6) is 5.88 Å². The Morgan fingerprint density at radius 1 is 1.21 bits per heavy atom. The third-order valence-corrected chi connectivity index (χ3v) is 3.04. The molecule has 3 nitrogen and oxygen atoms in total. The minimum Gasteiger partial charge on any atom is -0.478 e. The molecular formula is C14H14BrFN2O. The molecule has 2 rings (SSSR count). The highest BCUT2D eigenvalue weighted by Crippen LogP contribution is 2.21. The van der Waals surface area contributed by atoms with Gasteiger partial charge >= 0.3 is 0 Å². The van der Waals surface area contributed by atoms with Crippen LogP contribution in [-0.2, 0) is 0 Å². The molecule has 0 unspecified atom stereocenters. The summed E-state index contributed by atoms with van der Waals surface area (Å²) in [4.78, 5) is 8.57. The third kappa shape index (κ3) is 3.99. The fourth-order valence-electron chi connectivity index (χ4n) is 1.61. The number of benzene rings is 1. The van der Waals surface area contributed by atoms with Gasteiger partial charge in [-0.2, -0.15) is 4.98 Å². The zero-order valence-corrected chi connectivity index (χ0v) is 12.2. The fraction of sp³-hybridized carbons (Fsp3) is 0.286. The van der Waals surface area contributed by atoms with E-state index in [1.807, 2.05) is 6.92 Å². The van der Waals surface area contributed by atoms with Crippen molar-refractivity contribution in [2.75, 3.05) is 11.9 Å². The zero-order valence-electron chi connectivity index (χ0n) is 10.6. The molecule has 0 spiro atoms. The molecule has 0 radical (unpaired) electrons. The molecule has 0 fully saturated rings. The first kappa shape index (κ1) is 13.9. The molecule has 0 saturated heterocycles. The summed E-state index contributed by atoms with van der Waals surface area (Å²) in [6.07, 6.45) is 0.912. The molecule has 1 heterocycles. The number of alkyl halides is 1. The topological polar surface area (TPSA) is 35.0 Å². The van der Waals surface area contributed by atoms with Crippen LogP contribution in [0.3, 0.4) is 0 Å². The van der Waals surface area contributed by atoms with Crippen molar-refractivity contribution in [1.29, 1.82) is 0 Å². The fourth-order valence-corrected chi connectivity index (χ4v) is 1.84. The van der Waals surface area contributed by atoms with Crippen LogP contribution in [0.4, 0.5) is 4.39 Å². The number of halogens is 2. The lowest BCUT2D eigenvalue weighted by Crippen LogP contribution is -2.02. The van der Waals surface area contributed by atoms with Crippen molar-refractivity contribution in [2.24, 2.45) is 0 Å². The summed E-state index contributed by atoms with van der Waals surface area (Å²) in [6.45, 7) is 2.41. The number of hydrogen-bond acceptors (Lipinski definition) is 3. The van der Waals surface area contributed by atoms with Gasteiger partial charge in [-0.25, -0.2) is 9.37 Å². The van der Waals surface area contributed by atoms with E-state index in [1.54, 1.807) is 18.2 Å². The first-order valence-electron chi connectivity index (χ1n) is 5.99. The number of hydrogen-bond donors (Lipinski definition) is 0. The number of aryl methyl sites for hydroxylation is 1. The van der Waals surface area contributed by atoms with Crippen LogP contribution in [0.1, 0.15) is 12.2 Å². The molecule has 0 aliphatic rings. The van der Waals surface area contributed by atoms with Crippen molar-refractivity contribution in [3.8, 4) is 17.1 Å². The predicted molar refractivity (Wildman–Crippen MR) is 76.1 cm³/mol. The molecule has 19 heavy (non-hydrogen) atoms. The Labute approximate surface area is 120 Å². The monoisotopic (exact) mass is 324 g/mol. The van der Waals surface area contributed by atoms with Crippen LogP contribution in [0.15, 0.2) is 30.3 Å². The van der Waals surface area contributed by atoms with Crippen LogP contribution < -0.4 is 4.74 Å². The summed E-state index contributed by atoms with van der Waals surface area (Å²) in [7, 11) is 0. The lowest BCUT2D eigenvalue weighted by Gasteiger charge is -2.07. The van der Waals surface area contributed by atoms with Crippen molar-refractivity contribution in [1.82, 2.24) is 9.97 Å². The van der Waals surface area contributed by atoms with Crippen molar-refractivity contribution in [3.63, 3.8) is 0 Å². The molecule has 5 heteroatoms. The van der Waals surface area contributed by atoms with E-state index in [9.17, 15) is 4.39 Å². The van der Waals surface area contributed by atoms with Gasteiger partial charge in [0.15, 0.2) is 0 Å². The Bertz CT molecular complexity index is 546. The molecule has 1 aromatic heterocycles. The quantitative estimate of drug-likeness (QED) is 0.620. The normalized spacial score (nSPS) is 10.5. The summed E-state index contributed by atoms with van der Waals surface area (Å²) >= 11 is 3.35. The summed E-state index contributed by atoms with van der Waals surface area (Å²) < 4.78 is 18.5. The van der Waals surface area contributed by atoms with Crippen molar-refractivity contribution < 1.29 is 9.13 Å². The van der Waals surface area contributed by atoms with Gasteiger partial charge in [-0.1, -0.05) is 15.9 Å². The molecule has 0 bridgehead atoms. The smallest absolute Gasteiger partial charge is 0.217 e. The summed E-state index contributed by atoms with van der Waals surface area (Å²) in [6, 6.07) is 7.99. The van der Waals surface area contributed by atoms with Crippen molar-refractivity contribution in [2.45, 2.75) is 13.3 Å². The second-order valence-corrected chi connectivity index (χ2v) is 4.83. The lowest BCUT2D eigenvalue weighted by atomic mass is 10.1. The van der Waals surface area contributed by atoms with Crippen molar-refractivity contribution in [3.05, 3.63) is 42.0 Å². The molecule has 0 N–H and O–H groups in total. The van der Waals surface area contributed by atoms with Crippen LogP contribution in [-0.4, -0.2) is 21.9 Å². The Hall–Kier alpha value is -1.49. The zero-order chi connectivity index (χ0) is 13.7. The highest BCUT2D eigenvalue weighted by molar-refractivity contribution is 9.09. The Balaban J connectivity index is 2.23. The third-order valence-electron chi connectivity index (χ3n) is 2.48. The maximum absolute atomic E-state index is 12.9. The highest BCUT2D eigenvalue weighted by Gasteiger charge is 2.05. The van der Waals surface area contributed by atoms with E-state index in [2.05, 4.69) is 25.9 Å². The average molecular weight is 325 g/mol. The second-order valence-electron chi connectivity index (χ2n) is 4.04. The molecule has 100 valence electrons. The van der Waals surface area contributed by atoms with Crippen molar-refractivity contribution >= 4 is 15.9 Å². The first-order valence-corrected chi connectivity index (χ1v) is 7.11. The van der Waals surface area contributed by atoms with E-state index < -0.39 is 0 Å². The summed E-state index contributed by atoms with van der Waals surface area (Å²) in [5.74, 6) is 0.923. The van der Waals surface area contributed by atoms with Crippen LogP contribution >= 0.6 is 15.9 Å². The van der Waals surface area contributed by atoms with Gasteiger partial charge in [0, 0.05) is 17.0 Å². The standard InChI is InChI=1S/C14H14BrFN2O/c1-10-17-13(11-3-5-12(16)6-4-11)9-14(18-10)19-8-2-7-15/h3-6,9H,2,7-8H2,1H3. The van der Waals surface area contributed by atoms with Gasteiger partial charge in [-0.15, -0.1) is 0 Å². The first-order chi connectivity index (χ1) is 9.19. The Morgan fingerprint density at radius 3 is 2.63 bits per heavy atom. The maximum atomic E-state index is 12.9. The maximum Gasteiger partial charge on any atom is 0.217 e. The van der Waals surface area contributed by atoms with E-state index in [0.717, 1.165) is 23.0 Å². The molecule has 0 amide bonds. The molecule has 0 aliphatic carbocycles. The molecule has 0 aliphatic heterocycles. The number of nitrogens with zero attached hydrogens (tertiary/aromatic N) is 2. The van der Waals surface area contributed by atoms with Gasteiger partial charge in [-0.3, -0.25) is 0 Å². The van der Waals surface area contributed by atoms with Gasteiger partial charge in [0.1, 0.15) is 11.6 Å². The number of ether oxygens (including phenoxy) is 1. The van der Waals surface area contributed by atoms with Crippen LogP contribution in [0, 0.1) is 12.7 Å². The number of rotatable bonds is 5. The molecule has 1 aromatic carbocycles. The SMILES string of the molecule is Cc1nc(OCCCBr)cc(-c2ccc(F)cc2)n1. The minimum atomic E-state index is -0.261. The van der Waals surface area contributed by atoms with E-state index in [4.69, 9.17) is 4.74 Å². The minimum absolute atomic E-state index is 0.261. The Morgan fingerprint density at radius 2 is 1.95 bits per heavy atom. The lowest BCUT2D eigenvalue weighted by molar-refractivity contribution is 0.305. The van der Waals surface area contributed by atoms with Gasteiger partial charge in [-0.05, 0) is 37.6 Å². The average Bonchev–Trinajstić information content (AvgIpc) is 2.39. The van der Waals surface area contributed by atoms with Gasteiger partial charge in [0.2, 0.25) is 5.88 Å². The van der Waals surface area contributed by atoms with Crippen LogP contribution in [0.2, 0.25) is 0 Å². The molecular weight excluding hydrogens is 311 g/mol. The largest absolute Gasteiger partial charge is 0.478 e. The number of aromatic nitrogens is 2. The molecule has 0 atom stereocenters. The molecule has 0 saturated carbocycles. The van der Waals surface area contributed by atoms with E-state index >= 15 is 0 Å². The highest BCUT2D eigenvalue weighted by atomic mass is 79.9. The second kappa shape index (κ2) is 6.61. The van der Waals surface area contributed by atoms with E-state index in [0.29, 0.717) is 18.3 Å². The van der Waals surface area contributed by atoms with E-state index in [1.165, 1.54) is 12.1 Å². The molecule has 2 aromatic rings. The van der Waals surface area contributed by atoms with Gasteiger partial charge in [0.25, 0.3) is 0 Å². The van der Waals surface area contributed by atoms with Gasteiger partial charge in [0.05, 0.1) is 12.3 Å². The predicted octanol–water partition coefficient (Wildman–Crippen LogP) is 3.75. The Kier molecular flexibility index (Phi) is 4.85.